The van der Waals surface area contributed by atoms with Crippen LogP contribution in [-0.4, -0.2) is 47.2 Å². The molecule has 0 aliphatic rings. The highest BCUT2D eigenvalue weighted by atomic mass is 19.4. The quantitative estimate of drug-likeness (QED) is 0.780. The molecule has 0 spiro atoms. The lowest BCUT2D eigenvalue weighted by molar-refractivity contribution is -0.166. The van der Waals surface area contributed by atoms with Crippen LogP contribution in [0, 0.1) is 5.41 Å². The van der Waals surface area contributed by atoms with Crippen molar-refractivity contribution >= 4 is 11.9 Å². The van der Waals surface area contributed by atoms with Gasteiger partial charge in [0.05, 0.1) is 0 Å². The summed E-state index contributed by atoms with van der Waals surface area (Å²) in [5.41, 5.74) is 5.55. The van der Waals surface area contributed by atoms with E-state index < -0.39 is 37.2 Å². The van der Waals surface area contributed by atoms with Crippen LogP contribution in [0.5, 0.6) is 0 Å². The SMILES string of the molecule is CC(C)(C)CC(N)CC(=O)N(CC(=O)O)CC(F)(F)F. The van der Waals surface area contributed by atoms with Crippen molar-refractivity contribution in [2.75, 3.05) is 13.1 Å². The summed E-state index contributed by atoms with van der Waals surface area (Å²) < 4.78 is 36.9. The molecule has 118 valence electrons. The number of nitrogens with two attached hydrogens (primary N) is 1. The number of carboxylic acid groups (broad SMARTS) is 1. The summed E-state index contributed by atoms with van der Waals surface area (Å²) in [6, 6.07) is -0.605. The average Bonchev–Trinajstić information content (AvgIpc) is 2.09. The fraction of sp³-hybridized carbons (Fsp3) is 0.833. The molecule has 0 rings (SSSR count). The fourth-order valence-corrected chi connectivity index (χ4v) is 1.82. The predicted molar refractivity (Wildman–Crippen MR) is 66.9 cm³/mol. The maximum atomic E-state index is 12.3. The highest BCUT2D eigenvalue weighted by Crippen LogP contribution is 2.22. The molecule has 3 N–H and O–H groups in total. The normalized spacial score (nSPS) is 13.9. The number of hydrogen-bond acceptors (Lipinski definition) is 3. The molecular formula is C12H21F3N2O3. The first-order chi connectivity index (χ1) is 8.80. The van der Waals surface area contributed by atoms with E-state index in [1.165, 1.54) is 0 Å². The second-order valence-corrected chi connectivity index (χ2v) is 5.99. The van der Waals surface area contributed by atoms with Crippen LogP contribution in [0.4, 0.5) is 13.2 Å². The zero-order valence-corrected chi connectivity index (χ0v) is 11.8. The molecule has 5 nitrogen and oxygen atoms in total. The Labute approximate surface area is 115 Å². The number of hydrogen-bond donors (Lipinski definition) is 2. The molecular weight excluding hydrogens is 277 g/mol. The van der Waals surface area contributed by atoms with E-state index >= 15 is 0 Å². The Balaban J connectivity index is 4.66. The van der Waals surface area contributed by atoms with Crippen LogP contribution >= 0.6 is 0 Å². The molecule has 0 aromatic rings. The van der Waals surface area contributed by atoms with Gasteiger partial charge in [-0.25, -0.2) is 0 Å². The van der Waals surface area contributed by atoms with Crippen molar-refractivity contribution < 1.29 is 27.9 Å². The van der Waals surface area contributed by atoms with Crippen molar-refractivity contribution in [3.8, 4) is 0 Å². The zero-order valence-electron chi connectivity index (χ0n) is 11.8. The van der Waals surface area contributed by atoms with Crippen LogP contribution in [0.15, 0.2) is 0 Å². The van der Waals surface area contributed by atoms with Gasteiger partial charge in [-0.2, -0.15) is 13.2 Å². The number of halogens is 3. The van der Waals surface area contributed by atoms with Crippen LogP contribution < -0.4 is 5.73 Å². The Bertz CT molecular complexity index is 351. The van der Waals surface area contributed by atoms with E-state index in [-0.39, 0.29) is 16.7 Å². The summed E-state index contributed by atoms with van der Waals surface area (Å²) in [7, 11) is 0. The molecule has 0 saturated heterocycles. The molecule has 1 unspecified atom stereocenters. The molecule has 1 atom stereocenters. The smallest absolute Gasteiger partial charge is 0.406 e. The standard InChI is InChI=1S/C12H21F3N2O3/c1-11(2,3)5-8(16)4-9(18)17(6-10(19)20)7-12(13,14)15/h8H,4-7,16H2,1-3H3,(H,19,20). The average molecular weight is 298 g/mol. The van der Waals surface area contributed by atoms with Crippen molar-refractivity contribution in [3.05, 3.63) is 0 Å². The maximum Gasteiger partial charge on any atom is 0.406 e. The Morgan fingerprint density at radius 2 is 1.75 bits per heavy atom. The Morgan fingerprint density at radius 1 is 1.25 bits per heavy atom. The van der Waals surface area contributed by atoms with E-state index in [0.29, 0.717) is 6.42 Å². The van der Waals surface area contributed by atoms with Crippen LogP contribution in [0.25, 0.3) is 0 Å². The summed E-state index contributed by atoms with van der Waals surface area (Å²) >= 11 is 0. The molecule has 0 radical (unpaired) electrons. The van der Waals surface area contributed by atoms with Gasteiger partial charge in [0.2, 0.25) is 5.91 Å². The molecule has 0 saturated carbocycles. The molecule has 20 heavy (non-hydrogen) atoms. The van der Waals surface area contributed by atoms with Gasteiger partial charge >= 0.3 is 12.1 Å². The van der Waals surface area contributed by atoms with Crippen LogP contribution in [0.3, 0.4) is 0 Å². The third-order valence-corrected chi connectivity index (χ3v) is 2.36. The minimum Gasteiger partial charge on any atom is -0.480 e. The summed E-state index contributed by atoms with van der Waals surface area (Å²) in [4.78, 5) is 22.5. The Morgan fingerprint density at radius 3 is 2.10 bits per heavy atom. The van der Waals surface area contributed by atoms with Gasteiger partial charge in [0.1, 0.15) is 13.1 Å². The minimum atomic E-state index is -4.64. The minimum absolute atomic E-state index is 0.165. The fourth-order valence-electron chi connectivity index (χ4n) is 1.82. The molecule has 0 aliphatic carbocycles. The first-order valence-electron chi connectivity index (χ1n) is 6.12. The lowest BCUT2D eigenvalue weighted by atomic mass is 9.87. The molecule has 8 heteroatoms. The largest absolute Gasteiger partial charge is 0.480 e. The summed E-state index contributed by atoms with van der Waals surface area (Å²) in [6.07, 6.45) is -4.49. The van der Waals surface area contributed by atoms with Crippen LogP contribution in [-0.2, 0) is 9.59 Å². The predicted octanol–water partition coefficient (Wildman–Crippen LogP) is 1.62. The number of nitrogens with zero attached hydrogens (tertiary/aromatic N) is 1. The van der Waals surface area contributed by atoms with E-state index in [4.69, 9.17) is 10.8 Å². The lowest BCUT2D eigenvalue weighted by Crippen LogP contribution is -2.44. The second-order valence-electron chi connectivity index (χ2n) is 5.99. The van der Waals surface area contributed by atoms with Gasteiger partial charge in [-0.15, -0.1) is 0 Å². The molecule has 0 aliphatic heterocycles. The number of alkyl halides is 3. The number of carbonyl (C=O) groups is 2. The summed E-state index contributed by atoms with van der Waals surface area (Å²) in [5.74, 6) is -2.39. The number of aliphatic carboxylic acids is 1. The number of amides is 1. The zero-order chi connectivity index (χ0) is 16.1. The van der Waals surface area contributed by atoms with Gasteiger partial charge in [-0.3, -0.25) is 9.59 Å². The molecule has 0 aromatic heterocycles. The van der Waals surface area contributed by atoms with Gasteiger partial charge in [0.25, 0.3) is 0 Å². The molecule has 1 amide bonds. The lowest BCUT2D eigenvalue weighted by Gasteiger charge is -2.26. The summed E-state index contributed by atoms with van der Waals surface area (Å²) in [6.45, 7) is 3.10. The Hall–Kier alpha value is -1.31. The maximum absolute atomic E-state index is 12.3. The van der Waals surface area contributed by atoms with Gasteiger partial charge in [0.15, 0.2) is 0 Å². The van der Waals surface area contributed by atoms with Crippen molar-refractivity contribution in [2.24, 2.45) is 11.1 Å². The second kappa shape index (κ2) is 6.92. The van der Waals surface area contributed by atoms with E-state index in [1.807, 2.05) is 20.8 Å². The van der Waals surface area contributed by atoms with Gasteiger partial charge in [-0.05, 0) is 11.8 Å². The summed E-state index contributed by atoms with van der Waals surface area (Å²) in [5, 5.41) is 8.56. The van der Waals surface area contributed by atoms with E-state index in [1.54, 1.807) is 0 Å². The van der Waals surface area contributed by atoms with Crippen molar-refractivity contribution in [3.63, 3.8) is 0 Å². The first kappa shape index (κ1) is 18.7. The van der Waals surface area contributed by atoms with Crippen LogP contribution in [0.2, 0.25) is 0 Å². The third kappa shape index (κ3) is 9.60. The van der Waals surface area contributed by atoms with E-state index in [0.717, 1.165) is 0 Å². The number of carboxylic acids is 1. The van der Waals surface area contributed by atoms with Gasteiger partial charge < -0.3 is 15.7 Å². The van der Waals surface area contributed by atoms with E-state index in [2.05, 4.69) is 0 Å². The highest BCUT2D eigenvalue weighted by Gasteiger charge is 2.34. The van der Waals surface area contributed by atoms with Gasteiger partial charge in [-0.1, -0.05) is 20.8 Å². The van der Waals surface area contributed by atoms with E-state index in [9.17, 15) is 22.8 Å². The monoisotopic (exact) mass is 298 g/mol. The number of carbonyl (C=O) groups excluding carboxylic acids is 1. The van der Waals surface area contributed by atoms with Crippen molar-refractivity contribution in [1.29, 1.82) is 0 Å². The van der Waals surface area contributed by atoms with Crippen molar-refractivity contribution in [1.82, 2.24) is 4.90 Å². The topological polar surface area (TPSA) is 83.6 Å². The first-order valence-corrected chi connectivity index (χ1v) is 6.12. The molecule has 0 bridgehead atoms. The highest BCUT2D eigenvalue weighted by molar-refractivity contribution is 5.81. The number of rotatable bonds is 6. The van der Waals surface area contributed by atoms with Crippen LogP contribution in [0.1, 0.15) is 33.6 Å². The van der Waals surface area contributed by atoms with Gasteiger partial charge in [0, 0.05) is 12.5 Å². The Kier molecular flexibility index (Phi) is 6.46. The molecule has 0 aromatic carbocycles. The van der Waals surface area contributed by atoms with Crippen molar-refractivity contribution in [2.45, 2.75) is 45.8 Å². The molecule has 0 fully saturated rings. The molecule has 0 heterocycles. The third-order valence-electron chi connectivity index (χ3n) is 2.36.